The zero-order valence-corrected chi connectivity index (χ0v) is 12.8. The number of fused-ring (bicyclic) bond motifs is 1. The highest BCUT2D eigenvalue weighted by Gasteiger charge is 2.11. The molecule has 112 valence electrons. The Bertz CT molecular complexity index is 806. The molecule has 0 saturated carbocycles. The lowest BCUT2D eigenvalue weighted by Gasteiger charge is -2.08. The van der Waals surface area contributed by atoms with Gasteiger partial charge in [-0.05, 0) is 29.8 Å². The predicted molar refractivity (Wildman–Crippen MR) is 86.1 cm³/mol. The number of imidazole rings is 1. The van der Waals surface area contributed by atoms with Crippen LogP contribution in [0, 0.1) is 0 Å². The summed E-state index contributed by atoms with van der Waals surface area (Å²) in [5, 5.41) is 18.6. The normalized spacial score (nSPS) is 10.9. The van der Waals surface area contributed by atoms with Gasteiger partial charge in [-0.2, -0.15) is 0 Å². The van der Waals surface area contributed by atoms with E-state index < -0.39 is 7.32 Å². The van der Waals surface area contributed by atoms with Crippen LogP contribution in [0.1, 0.15) is 5.56 Å². The van der Waals surface area contributed by atoms with Gasteiger partial charge in [0.05, 0.1) is 22.4 Å². The summed E-state index contributed by atoms with van der Waals surface area (Å²) in [5.41, 5.74) is 2.54. The topological polar surface area (TPSA) is 67.5 Å². The van der Waals surface area contributed by atoms with Gasteiger partial charge in [0.15, 0.2) is 0 Å². The maximum atomic E-state index is 8.75. The molecule has 0 fully saturated rings. The van der Waals surface area contributed by atoms with Crippen LogP contribution in [0.15, 0.2) is 42.7 Å². The summed E-state index contributed by atoms with van der Waals surface area (Å²) in [4.78, 5) is 4.30. The Hall–Kier alpha value is -1.73. The van der Waals surface area contributed by atoms with Crippen LogP contribution in [0.4, 0.5) is 0 Å². The lowest BCUT2D eigenvalue weighted by atomic mass is 10.2. The maximum absolute atomic E-state index is 8.75. The van der Waals surface area contributed by atoms with E-state index in [4.69, 9.17) is 37.9 Å². The number of nitrogens with zero attached hydrogens (tertiary/aromatic N) is 2. The Morgan fingerprint density at radius 3 is 2.55 bits per heavy atom. The third kappa shape index (κ3) is 3.20. The lowest BCUT2D eigenvalue weighted by Crippen LogP contribution is -2.20. The molecule has 3 aromatic rings. The van der Waals surface area contributed by atoms with E-state index in [1.165, 1.54) is 0 Å². The first-order chi connectivity index (χ1) is 10.5. The van der Waals surface area contributed by atoms with Crippen LogP contribution in [-0.4, -0.2) is 26.9 Å². The van der Waals surface area contributed by atoms with Gasteiger partial charge in [-0.3, -0.25) is 0 Å². The molecule has 2 aromatic carbocycles. The minimum atomic E-state index is -1.83. The van der Waals surface area contributed by atoms with E-state index in [0.29, 0.717) is 22.3 Å². The van der Waals surface area contributed by atoms with Crippen LogP contribution in [0.25, 0.3) is 11.0 Å². The molecule has 2 N–H and O–H groups in total. The monoisotopic (exact) mass is 336 g/mol. The Morgan fingerprint density at radius 1 is 1.14 bits per heavy atom. The van der Waals surface area contributed by atoms with Crippen LogP contribution >= 0.6 is 23.2 Å². The molecule has 0 aliphatic heterocycles. The molecule has 0 radical (unpaired) electrons. The first-order valence-electron chi connectivity index (χ1n) is 6.44. The van der Waals surface area contributed by atoms with Gasteiger partial charge in [-0.1, -0.05) is 35.3 Å². The standard InChI is InChI=1S/C14H11BCl2N2O3/c16-10-5-12(17)14-13(6-10)18-8-19(14)7-9-1-3-11(4-2-9)22-15(20)21/h1-6,8,20-21H,7H2. The fourth-order valence-electron chi connectivity index (χ4n) is 2.24. The number of hydrogen-bond acceptors (Lipinski definition) is 4. The molecule has 0 amide bonds. The summed E-state index contributed by atoms with van der Waals surface area (Å²) in [6.45, 7) is 0.569. The van der Waals surface area contributed by atoms with Crippen molar-refractivity contribution in [3.63, 3.8) is 0 Å². The van der Waals surface area contributed by atoms with Gasteiger partial charge >= 0.3 is 7.32 Å². The largest absolute Gasteiger partial charge is 0.707 e. The van der Waals surface area contributed by atoms with E-state index in [1.807, 2.05) is 16.7 Å². The van der Waals surface area contributed by atoms with Crippen LogP contribution < -0.4 is 4.65 Å². The summed E-state index contributed by atoms with van der Waals surface area (Å²) in [6.07, 6.45) is 1.70. The molecular weight excluding hydrogens is 326 g/mol. The van der Waals surface area contributed by atoms with Crippen molar-refractivity contribution in [2.45, 2.75) is 6.54 Å². The smallest absolute Gasteiger partial charge is 0.512 e. The maximum Gasteiger partial charge on any atom is 0.707 e. The Labute approximate surface area is 136 Å². The van der Waals surface area contributed by atoms with Crippen molar-refractivity contribution in [1.82, 2.24) is 9.55 Å². The molecule has 0 unspecified atom stereocenters. The molecule has 0 bridgehead atoms. The average Bonchev–Trinajstić information content (AvgIpc) is 2.83. The molecular formula is C14H11BCl2N2O3. The molecule has 5 nitrogen and oxygen atoms in total. The van der Waals surface area contributed by atoms with E-state index >= 15 is 0 Å². The third-order valence-electron chi connectivity index (χ3n) is 3.15. The van der Waals surface area contributed by atoms with Crippen LogP contribution in [0.5, 0.6) is 5.75 Å². The number of aromatic nitrogens is 2. The Morgan fingerprint density at radius 2 is 1.86 bits per heavy atom. The van der Waals surface area contributed by atoms with Gasteiger partial charge in [0.25, 0.3) is 0 Å². The van der Waals surface area contributed by atoms with Crippen LogP contribution in [0.3, 0.4) is 0 Å². The second-order valence-electron chi connectivity index (χ2n) is 4.72. The minimum Gasteiger partial charge on any atom is -0.512 e. The zero-order valence-electron chi connectivity index (χ0n) is 11.3. The van der Waals surface area contributed by atoms with E-state index in [2.05, 4.69) is 4.98 Å². The highest BCUT2D eigenvalue weighted by Crippen LogP contribution is 2.27. The van der Waals surface area contributed by atoms with Crippen molar-refractivity contribution >= 4 is 41.6 Å². The fourth-order valence-corrected chi connectivity index (χ4v) is 2.83. The zero-order chi connectivity index (χ0) is 15.7. The summed E-state index contributed by atoms with van der Waals surface area (Å²) in [5.74, 6) is 0.374. The van der Waals surface area contributed by atoms with Gasteiger partial charge in [0, 0.05) is 11.6 Å². The minimum absolute atomic E-state index is 0.374. The molecule has 3 rings (SSSR count). The fraction of sp³-hybridized carbons (Fsp3) is 0.0714. The first-order valence-corrected chi connectivity index (χ1v) is 7.20. The number of benzene rings is 2. The van der Waals surface area contributed by atoms with Gasteiger partial charge in [0.2, 0.25) is 0 Å². The van der Waals surface area contributed by atoms with Gasteiger partial charge in [0.1, 0.15) is 5.75 Å². The van der Waals surface area contributed by atoms with Crippen molar-refractivity contribution in [2.75, 3.05) is 0 Å². The third-order valence-corrected chi connectivity index (χ3v) is 3.66. The van der Waals surface area contributed by atoms with Crippen LogP contribution in [-0.2, 0) is 6.54 Å². The molecule has 0 spiro atoms. The summed E-state index contributed by atoms with van der Waals surface area (Å²) >= 11 is 12.2. The molecule has 0 aliphatic rings. The summed E-state index contributed by atoms with van der Waals surface area (Å²) in [6, 6.07) is 10.4. The second kappa shape index (κ2) is 6.18. The lowest BCUT2D eigenvalue weighted by molar-refractivity contribution is 0.288. The quantitative estimate of drug-likeness (QED) is 0.719. The van der Waals surface area contributed by atoms with Crippen molar-refractivity contribution in [1.29, 1.82) is 0 Å². The van der Waals surface area contributed by atoms with Gasteiger partial charge in [-0.25, -0.2) is 4.98 Å². The molecule has 1 aromatic heterocycles. The van der Waals surface area contributed by atoms with Crippen molar-refractivity contribution in [3.05, 3.63) is 58.3 Å². The molecule has 22 heavy (non-hydrogen) atoms. The number of rotatable bonds is 4. The molecule has 1 heterocycles. The molecule has 0 saturated heterocycles. The average molecular weight is 337 g/mol. The van der Waals surface area contributed by atoms with Crippen molar-refractivity contribution < 1.29 is 14.7 Å². The molecule has 0 aliphatic carbocycles. The van der Waals surface area contributed by atoms with Crippen molar-refractivity contribution in [2.24, 2.45) is 0 Å². The Kier molecular flexibility index (Phi) is 4.26. The van der Waals surface area contributed by atoms with Crippen LogP contribution in [0.2, 0.25) is 10.0 Å². The first kappa shape index (κ1) is 15.2. The number of hydrogen-bond donors (Lipinski definition) is 2. The van der Waals surface area contributed by atoms with Gasteiger partial charge in [-0.15, -0.1) is 0 Å². The summed E-state index contributed by atoms with van der Waals surface area (Å²) in [7, 11) is -1.83. The summed E-state index contributed by atoms with van der Waals surface area (Å²) < 4.78 is 6.68. The van der Waals surface area contributed by atoms with Crippen molar-refractivity contribution in [3.8, 4) is 5.75 Å². The van der Waals surface area contributed by atoms with Gasteiger partial charge < -0.3 is 19.3 Å². The van der Waals surface area contributed by atoms with E-state index in [0.717, 1.165) is 16.6 Å². The second-order valence-corrected chi connectivity index (χ2v) is 5.56. The molecule has 8 heteroatoms. The SMILES string of the molecule is OB(O)Oc1ccc(Cn2cnc3cc(Cl)cc(Cl)c32)cc1. The Balaban J connectivity index is 1.87. The highest BCUT2D eigenvalue weighted by molar-refractivity contribution is 6.38. The highest BCUT2D eigenvalue weighted by atomic mass is 35.5. The molecule has 0 atom stereocenters. The van der Waals surface area contributed by atoms with E-state index in [-0.39, 0.29) is 0 Å². The van der Waals surface area contributed by atoms with E-state index in [9.17, 15) is 0 Å². The van der Waals surface area contributed by atoms with E-state index in [1.54, 1.807) is 30.6 Å². The number of halogens is 2. The predicted octanol–water partition coefficient (Wildman–Crippen LogP) is 2.74.